The summed E-state index contributed by atoms with van der Waals surface area (Å²) in [4.78, 5) is 21.8. The summed E-state index contributed by atoms with van der Waals surface area (Å²) in [5.74, 6) is 0. The second-order valence-electron chi connectivity index (χ2n) is 7.49. The van der Waals surface area contributed by atoms with Crippen LogP contribution in [0.1, 0.15) is 25.5 Å². The Balaban J connectivity index is 0.00000245. The second-order valence-corrected chi connectivity index (χ2v) is 7.49. The average Bonchev–Trinajstić information content (AvgIpc) is 3.22. The summed E-state index contributed by atoms with van der Waals surface area (Å²) < 4.78 is 48.1. The van der Waals surface area contributed by atoms with Gasteiger partial charge in [-0.3, -0.25) is 19.3 Å². The molecule has 0 aliphatic carbocycles. The van der Waals surface area contributed by atoms with E-state index in [1.807, 2.05) is 0 Å². The predicted octanol–water partition coefficient (Wildman–Crippen LogP) is 4.49. The van der Waals surface area contributed by atoms with Gasteiger partial charge in [0.15, 0.2) is 6.23 Å². The van der Waals surface area contributed by atoms with Crippen molar-refractivity contribution in [2.45, 2.75) is 38.2 Å². The van der Waals surface area contributed by atoms with Crippen molar-refractivity contribution < 1.29 is 17.9 Å². The number of hydrogen-bond donors (Lipinski definition) is 0. The van der Waals surface area contributed by atoms with Crippen molar-refractivity contribution in [3.63, 3.8) is 0 Å². The van der Waals surface area contributed by atoms with Gasteiger partial charge in [-0.15, -0.1) is 12.4 Å². The standard InChI is InChI=1S/C21H18F3N5O2.ClH/c22-21(23,24)12-28-16-9-13(15-5-1-3-7-25-15)10-26-18(16)19-14(20(28)30)11-27-29(19)17-6-2-4-8-31-17;/h1,3,5,7,9-11,17H,2,4,6,8,12H2;1H. The molecule has 0 saturated carbocycles. The summed E-state index contributed by atoms with van der Waals surface area (Å²) >= 11 is 0. The van der Waals surface area contributed by atoms with Gasteiger partial charge in [0.25, 0.3) is 5.56 Å². The van der Waals surface area contributed by atoms with E-state index in [4.69, 9.17) is 4.74 Å². The Labute approximate surface area is 186 Å². The molecular weight excluding hydrogens is 447 g/mol. The zero-order valence-corrected chi connectivity index (χ0v) is 17.6. The molecule has 0 aromatic carbocycles. The lowest BCUT2D eigenvalue weighted by Crippen LogP contribution is -2.29. The largest absolute Gasteiger partial charge is 0.406 e. The first-order chi connectivity index (χ1) is 14.9. The Hall–Kier alpha value is -2.98. The fraction of sp³-hybridized carbons (Fsp3) is 0.333. The fourth-order valence-electron chi connectivity index (χ4n) is 4.00. The number of alkyl halides is 3. The van der Waals surface area contributed by atoms with Crippen LogP contribution in [-0.2, 0) is 11.3 Å². The van der Waals surface area contributed by atoms with E-state index in [0.717, 1.165) is 12.8 Å². The van der Waals surface area contributed by atoms with E-state index in [1.165, 1.54) is 12.3 Å². The van der Waals surface area contributed by atoms with Gasteiger partial charge in [-0.25, -0.2) is 4.68 Å². The zero-order valence-electron chi connectivity index (χ0n) is 16.7. The summed E-state index contributed by atoms with van der Waals surface area (Å²) in [6.45, 7) is -0.858. The molecule has 4 aromatic heterocycles. The van der Waals surface area contributed by atoms with Crippen LogP contribution in [0.2, 0.25) is 0 Å². The van der Waals surface area contributed by atoms with Gasteiger partial charge in [-0.05, 0) is 37.5 Å². The molecule has 0 N–H and O–H groups in total. The number of nitrogens with zero attached hydrogens (tertiary/aromatic N) is 5. The predicted molar refractivity (Wildman–Crippen MR) is 115 cm³/mol. The van der Waals surface area contributed by atoms with E-state index in [0.29, 0.717) is 34.4 Å². The van der Waals surface area contributed by atoms with E-state index in [-0.39, 0.29) is 35.1 Å². The Kier molecular flexibility index (Phi) is 5.91. The first-order valence-electron chi connectivity index (χ1n) is 9.92. The monoisotopic (exact) mass is 465 g/mol. The third kappa shape index (κ3) is 3.95. The van der Waals surface area contributed by atoms with Crippen molar-refractivity contribution in [1.29, 1.82) is 0 Å². The molecule has 0 amide bonds. The molecule has 5 rings (SSSR count). The normalized spacial score (nSPS) is 16.9. The Morgan fingerprint density at radius 2 is 2.00 bits per heavy atom. The highest BCUT2D eigenvalue weighted by Crippen LogP contribution is 2.31. The summed E-state index contributed by atoms with van der Waals surface area (Å²) in [6.07, 6.45) is 2.05. The molecule has 0 spiro atoms. The molecule has 0 bridgehead atoms. The van der Waals surface area contributed by atoms with Gasteiger partial charge in [-0.1, -0.05) is 6.07 Å². The fourth-order valence-corrected chi connectivity index (χ4v) is 4.00. The summed E-state index contributed by atoms with van der Waals surface area (Å²) in [7, 11) is 0. The van der Waals surface area contributed by atoms with E-state index >= 15 is 0 Å². The minimum atomic E-state index is -4.58. The number of halogens is 4. The van der Waals surface area contributed by atoms with Crippen LogP contribution in [0.25, 0.3) is 33.2 Å². The average molecular weight is 466 g/mol. The van der Waals surface area contributed by atoms with Crippen molar-refractivity contribution in [2.24, 2.45) is 0 Å². The molecular formula is C21H19ClF3N5O2. The third-order valence-electron chi connectivity index (χ3n) is 5.38. The molecule has 4 aromatic rings. The van der Waals surface area contributed by atoms with Gasteiger partial charge in [0.2, 0.25) is 0 Å². The van der Waals surface area contributed by atoms with Crippen molar-refractivity contribution >= 4 is 34.3 Å². The maximum absolute atomic E-state index is 13.3. The number of pyridine rings is 3. The molecule has 7 nitrogen and oxygen atoms in total. The number of rotatable bonds is 3. The zero-order chi connectivity index (χ0) is 21.6. The Morgan fingerprint density at radius 3 is 2.69 bits per heavy atom. The minimum Gasteiger partial charge on any atom is -0.356 e. The summed E-state index contributed by atoms with van der Waals surface area (Å²) in [6, 6.07) is 6.77. The second kappa shape index (κ2) is 8.51. The van der Waals surface area contributed by atoms with Gasteiger partial charge in [-0.2, -0.15) is 18.3 Å². The van der Waals surface area contributed by atoms with Crippen molar-refractivity contribution in [2.75, 3.05) is 6.61 Å². The molecule has 1 saturated heterocycles. The van der Waals surface area contributed by atoms with Crippen LogP contribution < -0.4 is 5.56 Å². The van der Waals surface area contributed by atoms with Crippen LogP contribution in [0, 0.1) is 0 Å². The highest BCUT2D eigenvalue weighted by atomic mass is 35.5. The van der Waals surface area contributed by atoms with Crippen molar-refractivity contribution in [1.82, 2.24) is 24.3 Å². The smallest absolute Gasteiger partial charge is 0.356 e. The first-order valence-corrected chi connectivity index (χ1v) is 9.92. The quantitative estimate of drug-likeness (QED) is 0.445. The molecule has 11 heteroatoms. The lowest BCUT2D eigenvalue weighted by Gasteiger charge is -2.24. The number of ether oxygens (including phenoxy) is 1. The lowest BCUT2D eigenvalue weighted by atomic mass is 10.1. The van der Waals surface area contributed by atoms with Crippen LogP contribution in [0.3, 0.4) is 0 Å². The minimum absolute atomic E-state index is 0. The van der Waals surface area contributed by atoms with Crippen molar-refractivity contribution in [3.8, 4) is 11.3 Å². The van der Waals surface area contributed by atoms with E-state index in [2.05, 4.69) is 15.1 Å². The van der Waals surface area contributed by atoms with Crippen LogP contribution in [0.5, 0.6) is 0 Å². The number of aromatic nitrogens is 5. The molecule has 0 radical (unpaired) electrons. The first kappa shape index (κ1) is 22.2. The number of hydrogen-bond acceptors (Lipinski definition) is 5. The molecule has 1 aliphatic heterocycles. The van der Waals surface area contributed by atoms with Gasteiger partial charge < -0.3 is 4.74 Å². The highest BCUT2D eigenvalue weighted by Gasteiger charge is 2.31. The SMILES string of the molecule is Cl.O=c1c2cnn(C3CCCCO3)c2c2ncc(-c3ccccn3)cc2n1CC(F)(F)F. The third-order valence-corrected chi connectivity index (χ3v) is 5.38. The van der Waals surface area contributed by atoms with E-state index in [1.54, 1.807) is 35.3 Å². The lowest BCUT2D eigenvalue weighted by molar-refractivity contribution is -0.140. The van der Waals surface area contributed by atoms with Gasteiger partial charge in [0.1, 0.15) is 17.6 Å². The van der Waals surface area contributed by atoms with E-state index in [9.17, 15) is 18.0 Å². The Bertz CT molecular complexity index is 1310. The maximum atomic E-state index is 13.3. The van der Waals surface area contributed by atoms with Crippen LogP contribution in [-0.4, -0.2) is 37.1 Å². The molecule has 1 fully saturated rings. The maximum Gasteiger partial charge on any atom is 0.406 e. The van der Waals surface area contributed by atoms with E-state index < -0.39 is 18.3 Å². The number of fused-ring (bicyclic) bond motifs is 3. The molecule has 168 valence electrons. The van der Waals surface area contributed by atoms with Crippen LogP contribution in [0.4, 0.5) is 13.2 Å². The molecule has 1 aliphatic rings. The molecule has 1 unspecified atom stereocenters. The molecule has 32 heavy (non-hydrogen) atoms. The van der Waals surface area contributed by atoms with Crippen molar-refractivity contribution in [3.05, 3.63) is 53.2 Å². The molecule has 5 heterocycles. The topological polar surface area (TPSA) is 74.8 Å². The van der Waals surface area contributed by atoms with Gasteiger partial charge >= 0.3 is 6.18 Å². The summed E-state index contributed by atoms with van der Waals surface area (Å²) in [5.41, 5.74) is 1.04. The van der Waals surface area contributed by atoms with Gasteiger partial charge in [0.05, 0.1) is 22.8 Å². The highest BCUT2D eigenvalue weighted by molar-refractivity contribution is 6.01. The Morgan fingerprint density at radius 1 is 1.16 bits per heavy atom. The van der Waals surface area contributed by atoms with Gasteiger partial charge in [0, 0.05) is 24.6 Å². The van der Waals surface area contributed by atoms with Crippen LogP contribution in [0.15, 0.2) is 47.7 Å². The molecule has 1 atom stereocenters. The summed E-state index contributed by atoms with van der Waals surface area (Å²) in [5, 5.41) is 4.38. The van der Waals surface area contributed by atoms with Crippen LogP contribution >= 0.6 is 12.4 Å².